The highest BCUT2D eigenvalue weighted by Gasteiger charge is 2.38. The molecule has 2 fully saturated rings. The van der Waals surface area contributed by atoms with Crippen molar-refractivity contribution in [1.29, 1.82) is 0 Å². The Morgan fingerprint density at radius 3 is 2.80 bits per heavy atom. The largest absolute Gasteiger partial charge is 0.396 e. The fourth-order valence-corrected chi connectivity index (χ4v) is 2.91. The van der Waals surface area contributed by atoms with Crippen molar-refractivity contribution in [3.8, 4) is 0 Å². The molecule has 0 spiro atoms. The van der Waals surface area contributed by atoms with Crippen molar-refractivity contribution in [3.63, 3.8) is 0 Å². The molecule has 1 nitrogen and oxygen atoms in total. The lowest BCUT2D eigenvalue weighted by Crippen LogP contribution is -2.12. The van der Waals surface area contributed by atoms with Crippen LogP contribution in [0.2, 0.25) is 0 Å². The maximum atomic E-state index is 9.01. The first-order chi connectivity index (χ1) is 4.92. The molecule has 0 bridgehead atoms. The van der Waals surface area contributed by atoms with Crippen LogP contribution in [0.5, 0.6) is 0 Å². The van der Waals surface area contributed by atoms with Gasteiger partial charge in [0.05, 0.1) is 0 Å². The molecule has 2 aliphatic rings. The molecule has 1 N–H and O–H groups in total. The van der Waals surface area contributed by atoms with Crippen LogP contribution in [0, 0.1) is 17.8 Å². The van der Waals surface area contributed by atoms with Gasteiger partial charge in [-0.1, -0.05) is 12.8 Å². The molecule has 58 valence electrons. The van der Waals surface area contributed by atoms with E-state index in [1.807, 2.05) is 0 Å². The smallest absolute Gasteiger partial charge is 0.0462 e. The van der Waals surface area contributed by atoms with E-state index in [2.05, 4.69) is 0 Å². The Balaban J connectivity index is 2.01. The summed E-state index contributed by atoms with van der Waals surface area (Å²) in [5, 5.41) is 9.01. The minimum atomic E-state index is 0.446. The lowest BCUT2D eigenvalue weighted by atomic mass is 9.93. The van der Waals surface area contributed by atoms with E-state index in [0.717, 1.165) is 11.8 Å². The van der Waals surface area contributed by atoms with Gasteiger partial charge in [0.15, 0.2) is 0 Å². The molecule has 2 aliphatic carbocycles. The van der Waals surface area contributed by atoms with Gasteiger partial charge in [-0.25, -0.2) is 0 Å². The van der Waals surface area contributed by atoms with Crippen LogP contribution in [0.4, 0.5) is 0 Å². The third-order valence-corrected chi connectivity index (χ3v) is 3.47. The summed E-state index contributed by atoms with van der Waals surface area (Å²) in [6, 6.07) is 0. The van der Waals surface area contributed by atoms with Gasteiger partial charge in [0, 0.05) is 6.61 Å². The SMILES string of the molecule is OC[C@@H]1CC[C@@H]2CCC[C@@H]21. The van der Waals surface area contributed by atoms with E-state index in [1.54, 1.807) is 0 Å². The van der Waals surface area contributed by atoms with Gasteiger partial charge in [-0.3, -0.25) is 0 Å². The monoisotopic (exact) mass is 140 g/mol. The first kappa shape index (κ1) is 6.66. The molecule has 0 aromatic heterocycles. The van der Waals surface area contributed by atoms with Crippen LogP contribution in [0.1, 0.15) is 32.1 Å². The number of hydrogen-bond acceptors (Lipinski definition) is 1. The van der Waals surface area contributed by atoms with E-state index in [0.29, 0.717) is 12.5 Å². The normalized spacial score (nSPS) is 45.9. The maximum absolute atomic E-state index is 9.01. The van der Waals surface area contributed by atoms with Gasteiger partial charge in [0.2, 0.25) is 0 Å². The summed E-state index contributed by atoms with van der Waals surface area (Å²) >= 11 is 0. The number of aliphatic hydroxyl groups is 1. The molecular formula is C9H16O. The van der Waals surface area contributed by atoms with Gasteiger partial charge < -0.3 is 5.11 Å². The molecule has 1 heteroatoms. The number of rotatable bonds is 1. The molecule has 0 radical (unpaired) electrons. The molecule has 0 aromatic carbocycles. The van der Waals surface area contributed by atoms with Crippen LogP contribution in [-0.4, -0.2) is 11.7 Å². The molecule has 0 aliphatic heterocycles. The molecule has 0 amide bonds. The highest BCUT2D eigenvalue weighted by Crippen LogP contribution is 2.47. The Morgan fingerprint density at radius 2 is 2.00 bits per heavy atom. The van der Waals surface area contributed by atoms with E-state index in [-0.39, 0.29) is 0 Å². The number of hydrogen-bond donors (Lipinski definition) is 1. The minimum Gasteiger partial charge on any atom is -0.396 e. The minimum absolute atomic E-state index is 0.446. The quantitative estimate of drug-likeness (QED) is 0.589. The van der Waals surface area contributed by atoms with Crippen molar-refractivity contribution >= 4 is 0 Å². The van der Waals surface area contributed by atoms with Crippen molar-refractivity contribution in [3.05, 3.63) is 0 Å². The zero-order chi connectivity index (χ0) is 6.97. The first-order valence-electron chi connectivity index (χ1n) is 4.52. The van der Waals surface area contributed by atoms with Gasteiger partial charge in [-0.2, -0.15) is 0 Å². The van der Waals surface area contributed by atoms with Crippen molar-refractivity contribution in [2.75, 3.05) is 6.61 Å². The molecule has 2 rings (SSSR count). The molecule has 0 saturated heterocycles. The molecule has 3 atom stereocenters. The summed E-state index contributed by atoms with van der Waals surface area (Å²) in [5.41, 5.74) is 0. The Hall–Kier alpha value is -0.0400. The topological polar surface area (TPSA) is 20.2 Å². The summed E-state index contributed by atoms with van der Waals surface area (Å²) in [4.78, 5) is 0. The number of aliphatic hydroxyl groups excluding tert-OH is 1. The lowest BCUT2D eigenvalue weighted by Gasteiger charge is -2.14. The van der Waals surface area contributed by atoms with Crippen molar-refractivity contribution in [1.82, 2.24) is 0 Å². The van der Waals surface area contributed by atoms with Crippen LogP contribution >= 0.6 is 0 Å². The van der Waals surface area contributed by atoms with Crippen molar-refractivity contribution in [2.24, 2.45) is 17.8 Å². The zero-order valence-corrected chi connectivity index (χ0v) is 6.42. The van der Waals surface area contributed by atoms with E-state index >= 15 is 0 Å². The molecule has 10 heavy (non-hydrogen) atoms. The summed E-state index contributed by atoms with van der Waals surface area (Å²) in [6.45, 7) is 0.446. The predicted molar refractivity (Wildman–Crippen MR) is 40.6 cm³/mol. The molecule has 0 aromatic rings. The second kappa shape index (κ2) is 2.54. The van der Waals surface area contributed by atoms with Crippen LogP contribution in [0.15, 0.2) is 0 Å². The summed E-state index contributed by atoms with van der Waals surface area (Å²) in [7, 11) is 0. The Kier molecular flexibility index (Phi) is 1.69. The lowest BCUT2D eigenvalue weighted by molar-refractivity contribution is 0.188. The average molecular weight is 140 g/mol. The van der Waals surface area contributed by atoms with Gasteiger partial charge in [-0.15, -0.1) is 0 Å². The number of fused-ring (bicyclic) bond motifs is 1. The van der Waals surface area contributed by atoms with Gasteiger partial charge in [-0.05, 0) is 37.0 Å². The Morgan fingerprint density at radius 1 is 1.10 bits per heavy atom. The summed E-state index contributed by atoms with van der Waals surface area (Å²) < 4.78 is 0. The van der Waals surface area contributed by atoms with E-state index < -0.39 is 0 Å². The van der Waals surface area contributed by atoms with Gasteiger partial charge >= 0.3 is 0 Å². The fourth-order valence-electron chi connectivity index (χ4n) is 2.91. The molecule has 0 heterocycles. The van der Waals surface area contributed by atoms with Crippen LogP contribution in [0.25, 0.3) is 0 Å². The highest BCUT2D eigenvalue weighted by atomic mass is 16.3. The second-order valence-corrected chi connectivity index (χ2v) is 3.87. The average Bonchev–Trinajstić information content (AvgIpc) is 2.44. The summed E-state index contributed by atoms with van der Waals surface area (Å²) in [5.74, 6) is 2.58. The summed E-state index contributed by atoms with van der Waals surface area (Å²) in [6.07, 6.45) is 6.96. The van der Waals surface area contributed by atoms with Crippen molar-refractivity contribution < 1.29 is 5.11 Å². The predicted octanol–water partition coefficient (Wildman–Crippen LogP) is 1.80. The maximum Gasteiger partial charge on any atom is 0.0462 e. The first-order valence-corrected chi connectivity index (χ1v) is 4.52. The van der Waals surface area contributed by atoms with E-state index in [1.165, 1.54) is 32.1 Å². The van der Waals surface area contributed by atoms with Crippen molar-refractivity contribution in [2.45, 2.75) is 32.1 Å². The van der Waals surface area contributed by atoms with Crippen LogP contribution < -0.4 is 0 Å². The zero-order valence-electron chi connectivity index (χ0n) is 6.42. The molecule has 2 saturated carbocycles. The highest BCUT2D eigenvalue weighted by molar-refractivity contribution is 4.88. The second-order valence-electron chi connectivity index (χ2n) is 3.87. The van der Waals surface area contributed by atoms with E-state index in [9.17, 15) is 0 Å². The van der Waals surface area contributed by atoms with Crippen LogP contribution in [0.3, 0.4) is 0 Å². The van der Waals surface area contributed by atoms with Gasteiger partial charge in [0.1, 0.15) is 0 Å². The molecular weight excluding hydrogens is 124 g/mol. The standard InChI is InChI=1S/C9H16O/c10-6-8-5-4-7-2-1-3-9(7)8/h7-10H,1-6H2/t7-,8-,9-/m0/s1. The fraction of sp³-hybridized carbons (Fsp3) is 1.00. The van der Waals surface area contributed by atoms with Gasteiger partial charge in [0.25, 0.3) is 0 Å². The molecule has 0 unspecified atom stereocenters. The Labute approximate surface area is 62.4 Å². The Bertz CT molecular complexity index is 122. The third-order valence-electron chi connectivity index (χ3n) is 3.47. The van der Waals surface area contributed by atoms with Crippen LogP contribution in [-0.2, 0) is 0 Å². The van der Waals surface area contributed by atoms with E-state index in [4.69, 9.17) is 5.11 Å². The third kappa shape index (κ3) is 0.878.